The molecule has 462 valence electrons. The molecule has 3 aliphatic heterocycles. The lowest BCUT2D eigenvalue weighted by molar-refractivity contribution is -0.166. The van der Waals surface area contributed by atoms with Crippen LogP contribution in [0.5, 0.6) is 0 Å². The lowest BCUT2D eigenvalue weighted by atomic mass is 9.60. The van der Waals surface area contributed by atoms with Crippen molar-refractivity contribution in [2.75, 3.05) is 25.4 Å². The van der Waals surface area contributed by atoms with E-state index in [9.17, 15) is 47.4 Å². The topological polar surface area (TPSA) is 232 Å². The molecule has 7 rings (SSSR count). The molecule has 16 nitrogen and oxygen atoms in total. The Kier molecular flexibility index (Phi) is 22.0. The fraction of sp³-hybridized carbons (Fsp3) is 0.730. The molecular weight excluding hydrogens is 1090 g/mol. The molecule has 1 unspecified atom stereocenters. The number of unbranched alkanes of at least 4 members (excludes halogenated alkanes) is 1. The number of carbonyl (C=O) groups is 5. The van der Waals surface area contributed by atoms with Crippen molar-refractivity contribution in [3.63, 3.8) is 0 Å². The SMILES string of the molecule is C=C1/C(=C\C=C2/CCC[C@]3(C)[C@@H]([C@H](C)CCCC(C)(C)O)CC[C@@H]23)C[C@@H](O)C[C@@H]1NC(=O)CCC(NC(=O)c1ccc(C2(C(F)(F)F)N=N2)cc1)C(=O)NCC(C)(C)CCOC(C)(C)CCCNC(=O)CCCC[C@@H]1SC[C@@H]2NC(=O)N[C@@H]21. The molecule has 0 spiro atoms. The summed E-state index contributed by atoms with van der Waals surface area (Å²) in [6, 6.07) is 3.19. The molecule has 6 amide bonds. The van der Waals surface area contributed by atoms with Crippen LogP contribution in [0, 0.1) is 28.6 Å². The first-order valence-corrected chi connectivity index (χ1v) is 31.6. The highest BCUT2D eigenvalue weighted by molar-refractivity contribution is 8.00. The van der Waals surface area contributed by atoms with Gasteiger partial charge >= 0.3 is 17.9 Å². The van der Waals surface area contributed by atoms with Crippen molar-refractivity contribution in [3.8, 4) is 0 Å². The summed E-state index contributed by atoms with van der Waals surface area (Å²) in [5.41, 5.74) is -1.31. The van der Waals surface area contributed by atoms with Crippen LogP contribution in [0.1, 0.15) is 193 Å². The van der Waals surface area contributed by atoms with Crippen LogP contribution < -0.4 is 31.9 Å². The molecule has 3 saturated carbocycles. The van der Waals surface area contributed by atoms with E-state index < -0.39 is 64.4 Å². The molecule has 6 aliphatic rings. The monoisotopic (exact) mass is 1180 g/mol. The highest BCUT2D eigenvalue weighted by atomic mass is 32.2. The number of benzene rings is 1. The average molecular weight is 1180 g/mol. The largest absolute Gasteiger partial charge is 0.442 e. The fourth-order valence-corrected chi connectivity index (χ4v) is 15.1. The zero-order valence-corrected chi connectivity index (χ0v) is 51.2. The molecule has 20 heteroatoms. The van der Waals surface area contributed by atoms with Crippen molar-refractivity contribution in [2.45, 2.75) is 236 Å². The number of fused-ring (bicyclic) bond motifs is 2. The van der Waals surface area contributed by atoms with E-state index in [-0.39, 0.29) is 66.4 Å². The van der Waals surface area contributed by atoms with Gasteiger partial charge in [0.1, 0.15) is 6.04 Å². The summed E-state index contributed by atoms with van der Waals surface area (Å²) < 4.78 is 47.6. The molecular formula is C63H95F3N8O8S. The van der Waals surface area contributed by atoms with Gasteiger partial charge in [-0.05, 0) is 169 Å². The van der Waals surface area contributed by atoms with Gasteiger partial charge in [0.05, 0.1) is 35.4 Å². The summed E-state index contributed by atoms with van der Waals surface area (Å²) in [5, 5.41) is 46.0. The number of hydrogen-bond acceptors (Lipinski definition) is 11. The number of amides is 6. The molecule has 3 aliphatic carbocycles. The third kappa shape index (κ3) is 17.9. The van der Waals surface area contributed by atoms with E-state index in [4.69, 9.17) is 4.74 Å². The maximum Gasteiger partial charge on any atom is 0.442 e. The molecule has 83 heavy (non-hydrogen) atoms. The van der Waals surface area contributed by atoms with Crippen LogP contribution >= 0.6 is 11.8 Å². The van der Waals surface area contributed by atoms with E-state index in [1.807, 2.05) is 53.3 Å². The minimum Gasteiger partial charge on any atom is -0.393 e. The lowest BCUT2D eigenvalue weighted by Crippen LogP contribution is -2.49. The standard InChI is InChI=1S/C63H95F3N8O8S/c1-39(15-12-29-59(5,6)81)46-25-26-47-41(16-13-31-61(46,47)9)19-20-43-35-45(75)36-49(40(43)2)69-53(77)28-27-48(70-55(78)42-21-23-44(24-22-42)62(73-74-62)63(64,65)66)56(79)68-38-58(3,4)32-34-82-60(7,8)30-14-33-67-52(76)18-11-10-17-51-54-50(37-83-51)71-57(80)72-54/h19-24,39,45-51,54,75,81H,2,10-18,25-38H2,1,3-9H3,(H,67,76)(H,68,79)(H,69,77)(H,70,78)(H2,71,72,80)/b41-19+,43-20-/t39-,45-,46-,47+,48?,49+,50+,51+,54+,61-/m1/s1. The Bertz CT molecular complexity index is 2560. The highest BCUT2D eigenvalue weighted by Crippen LogP contribution is 2.60. The number of ether oxygens (including phenoxy) is 1. The van der Waals surface area contributed by atoms with Crippen LogP contribution in [-0.2, 0) is 24.8 Å². The first-order valence-electron chi connectivity index (χ1n) is 30.6. The first kappa shape index (κ1) is 65.7. The predicted octanol–water partition coefficient (Wildman–Crippen LogP) is 10.5. The summed E-state index contributed by atoms with van der Waals surface area (Å²) in [6.07, 6.45) is 12.9. The summed E-state index contributed by atoms with van der Waals surface area (Å²) in [5.74, 6) is 0.903. The number of thioether (sulfide) groups is 1. The van der Waals surface area contributed by atoms with Crippen LogP contribution in [0.25, 0.3) is 0 Å². The van der Waals surface area contributed by atoms with Crippen molar-refractivity contribution in [2.24, 2.45) is 38.8 Å². The number of hydrogen-bond donors (Lipinski definition) is 8. The number of aliphatic hydroxyl groups excluding tert-OH is 1. The lowest BCUT2D eigenvalue weighted by Gasteiger charge is -2.44. The van der Waals surface area contributed by atoms with E-state index in [2.05, 4.69) is 74.7 Å². The zero-order valence-electron chi connectivity index (χ0n) is 50.4. The Labute approximate surface area is 494 Å². The second kappa shape index (κ2) is 27.7. The molecule has 0 bridgehead atoms. The third-order valence-corrected chi connectivity index (χ3v) is 20.2. The Hall–Kier alpha value is -4.79. The zero-order chi connectivity index (χ0) is 60.5. The van der Waals surface area contributed by atoms with E-state index in [0.29, 0.717) is 67.4 Å². The molecule has 3 heterocycles. The second-order valence-corrected chi connectivity index (χ2v) is 28.3. The van der Waals surface area contributed by atoms with Crippen molar-refractivity contribution in [3.05, 3.63) is 70.8 Å². The van der Waals surface area contributed by atoms with Gasteiger partial charge in [0, 0.05) is 54.7 Å². The van der Waals surface area contributed by atoms with Gasteiger partial charge in [-0.25, -0.2) is 4.79 Å². The summed E-state index contributed by atoms with van der Waals surface area (Å²) in [4.78, 5) is 65.8. The molecule has 2 saturated heterocycles. The van der Waals surface area contributed by atoms with E-state index in [1.54, 1.807) is 0 Å². The number of nitrogens with zero attached hydrogens (tertiary/aromatic N) is 2. The second-order valence-electron chi connectivity index (χ2n) is 27.0. The van der Waals surface area contributed by atoms with Crippen molar-refractivity contribution in [1.29, 1.82) is 0 Å². The molecule has 1 aromatic carbocycles. The minimum absolute atomic E-state index is 0.0000395. The van der Waals surface area contributed by atoms with Gasteiger partial charge in [-0.3, -0.25) is 19.2 Å². The van der Waals surface area contributed by atoms with Crippen LogP contribution in [0.3, 0.4) is 0 Å². The van der Waals surface area contributed by atoms with E-state index in [1.165, 1.54) is 30.5 Å². The minimum atomic E-state index is -4.75. The Morgan fingerprint density at radius 3 is 2.36 bits per heavy atom. The number of aliphatic hydroxyl groups is 2. The number of nitrogens with one attached hydrogen (secondary N) is 6. The highest BCUT2D eigenvalue weighted by Gasteiger charge is 2.65. The quantitative estimate of drug-likeness (QED) is 0.0281. The van der Waals surface area contributed by atoms with Crippen LogP contribution in [0.15, 0.2) is 69.9 Å². The van der Waals surface area contributed by atoms with E-state index in [0.717, 1.165) is 87.7 Å². The van der Waals surface area contributed by atoms with Crippen LogP contribution in [-0.4, -0.2) is 118 Å². The number of alkyl halides is 3. The van der Waals surface area contributed by atoms with Gasteiger partial charge in [-0.1, -0.05) is 83.4 Å². The molecule has 1 aromatic rings. The van der Waals surface area contributed by atoms with Crippen molar-refractivity contribution < 1.29 is 52.1 Å². The molecule has 8 N–H and O–H groups in total. The summed E-state index contributed by atoms with van der Waals surface area (Å²) >= 11 is 1.87. The maximum atomic E-state index is 14.1. The van der Waals surface area contributed by atoms with Crippen molar-refractivity contribution >= 4 is 41.4 Å². The van der Waals surface area contributed by atoms with Crippen LogP contribution in [0.2, 0.25) is 0 Å². The summed E-state index contributed by atoms with van der Waals surface area (Å²) in [7, 11) is 0. The maximum absolute atomic E-state index is 14.1. The molecule has 0 radical (unpaired) electrons. The first-order chi connectivity index (χ1) is 39.0. The third-order valence-electron chi connectivity index (χ3n) is 18.7. The van der Waals surface area contributed by atoms with Gasteiger partial charge in [-0.15, -0.1) is 10.2 Å². The molecule has 5 fully saturated rings. The van der Waals surface area contributed by atoms with Gasteiger partial charge in [0.25, 0.3) is 5.91 Å². The van der Waals surface area contributed by atoms with Crippen LogP contribution in [0.4, 0.5) is 18.0 Å². The average Bonchev–Trinajstić information content (AvgIpc) is 4.00. The van der Waals surface area contributed by atoms with E-state index >= 15 is 0 Å². The van der Waals surface area contributed by atoms with Crippen molar-refractivity contribution in [1.82, 2.24) is 31.9 Å². The number of allylic oxidation sites excluding steroid dienone is 3. The Morgan fingerprint density at radius 1 is 0.928 bits per heavy atom. The normalized spacial score (nSPS) is 27.6. The number of carbonyl (C=O) groups excluding carboxylic acids is 5. The van der Waals surface area contributed by atoms with Gasteiger partial charge in [0.15, 0.2) is 0 Å². The number of urea groups is 1. The van der Waals surface area contributed by atoms with Gasteiger partial charge < -0.3 is 46.9 Å². The predicted molar refractivity (Wildman–Crippen MR) is 317 cm³/mol. The molecule has 0 aromatic heterocycles. The van der Waals surface area contributed by atoms with Gasteiger partial charge in [0.2, 0.25) is 17.7 Å². The smallest absolute Gasteiger partial charge is 0.393 e. The number of halogens is 3. The number of rotatable bonds is 29. The summed E-state index contributed by atoms with van der Waals surface area (Å²) in [6.45, 7) is 22.1. The van der Waals surface area contributed by atoms with Gasteiger partial charge in [-0.2, -0.15) is 24.9 Å². The Morgan fingerprint density at radius 2 is 1.66 bits per heavy atom. The molecule has 10 atom stereocenters. The Balaban J connectivity index is 0.891. The fourth-order valence-electron chi connectivity index (χ4n) is 13.6.